The first-order valence-electron chi connectivity index (χ1n) is 6.52. The van der Waals surface area contributed by atoms with Crippen LogP contribution in [0.15, 0.2) is 24.4 Å². The molecule has 6 heteroatoms. The fourth-order valence-corrected chi connectivity index (χ4v) is 3.87. The molecule has 108 valence electrons. The summed E-state index contributed by atoms with van der Waals surface area (Å²) < 4.78 is 1.13. The number of nitrogens with zero attached hydrogens (tertiary/aromatic N) is 2. The van der Waals surface area contributed by atoms with E-state index in [2.05, 4.69) is 51.6 Å². The average Bonchev–Trinajstić information content (AvgIpc) is 2.88. The van der Waals surface area contributed by atoms with Crippen LogP contribution in [0.25, 0.3) is 0 Å². The summed E-state index contributed by atoms with van der Waals surface area (Å²) >= 11 is 9.99. The van der Waals surface area contributed by atoms with Crippen molar-refractivity contribution in [1.29, 1.82) is 0 Å². The van der Waals surface area contributed by atoms with Crippen LogP contribution in [-0.4, -0.2) is 18.1 Å². The fraction of sp³-hybridized carbons (Fsp3) is 0.357. The molecule has 0 aliphatic heterocycles. The molecule has 1 heterocycles. The molecule has 0 spiro atoms. The quantitative estimate of drug-likeness (QED) is 0.675. The van der Waals surface area contributed by atoms with E-state index in [-0.39, 0.29) is 0 Å². The Morgan fingerprint density at radius 2 is 2.10 bits per heavy atom. The Kier molecular flexibility index (Phi) is 5.92. The Labute approximate surface area is 142 Å². The van der Waals surface area contributed by atoms with Crippen LogP contribution in [0.1, 0.15) is 18.7 Å². The standard InChI is InChI=1S/C14H17ClIN3S/c1-3-19(4-2)14-18-9-11(20-14)8-17-13-6-5-10(15)7-12(13)16/h5-7,9,17H,3-4,8H2,1-2H3. The predicted molar refractivity (Wildman–Crippen MR) is 97.2 cm³/mol. The van der Waals surface area contributed by atoms with Crippen molar-refractivity contribution in [2.24, 2.45) is 0 Å². The average molecular weight is 422 g/mol. The maximum absolute atomic E-state index is 5.96. The number of hydrogen-bond donors (Lipinski definition) is 1. The van der Waals surface area contributed by atoms with Gasteiger partial charge in [0.05, 0.1) is 6.54 Å². The summed E-state index contributed by atoms with van der Waals surface area (Å²) in [6, 6.07) is 5.87. The number of nitrogens with one attached hydrogen (secondary N) is 1. The second-order valence-electron chi connectivity index (χ2n) is 4.26. The van der Waals surface area contributed by atoms with Gasteiger partial charge in [0, 0.05) is 38.4 Å². The van der Waals surface area contributed by atoms with E-state index in [1.165, 1.54) is 4.88 Å². The molecule has 0 aliphatic carbocycles. The van der Waals surface area contributed by atoms with Crippen LogP contribution >= 0.6 is 45.5 Å². The fourth-order valence-electron chi connectivity index (χ4n) is 1.83. The first-order valence-corrected chi connectivity index (χ1v) is 8.80. The normalized spacial score (nSPS) is 10.6. The van der Waals surface area contributed by atoms with Crippen LogP contribution in [0.5, 0.6) is 0 Å². The third-order valence-electron chi connectivity index (χ3n) is 2.96. The lowest BCUT2D eigenvalue weighted by molar-refractivity contribution is 0.860. The van der Waals surface area contributed by atoms with Gasteiger partial charge in [-0.2, -0.15) is 0 Å². The molecule has 0 saturated carbocycles. The molecule has 0 bridgehead atoms. The molecule has 0 fully saturated rings. The molecule has 2 aromatic rings. The van der Waals surface area contributed by atoms with Crippen molar-refractivity contribution in [3.8, 4) is 0 Å². The number of rotatable bonds is 6. The van der Waals surface area contributed by atoms with E-state index in [1.807, 2.05) is 24.4 Å². The maximum atomic E-state index is 5.96. The zero-order valence-electron chi connectivity index (χ0n) is 11.5. The second-order valence-corrected chi connectivity index (χ2v) is 6.95. The van der Waals surface area contributed by atoms with Crippen LogP contribution in [0.3, 0.4) is 0 Å². The monoisotopic (exact) mass is 421 g/mol. The highest BCUT2D eigenvalue weighted by atomic mass is 127. The first-order chi connectivity index (χ1) is 9.63. The molecule has 3 nitrogen and oxygen atoms in total. The smallest absolute Gasteiger partial charge is 0.185 e. The summed E-state index contributed by atoms with van der Waals surface area (Å²) in [5, 5.41) is 5.29. The van der Waals surface area contributed by atoms with Crippen molar-refractivity contribution in [3.05, 3.63) is 37.9 Å². The van der Waals surface area contributed by atoms with Gasteiger partial charge in [0.2, 0.25) is 0 Å². The zero-order valence-corrected chi connectivity index (χ0v) is 15.2. The van der Waals surface area contributed by atoms with E-state index in [9.17, 15) is 0 Å². The Morgan fingerprint density at radius 3 is 2.75 bits per heavy atom. The summed E-state index contributed by atoms with van der Waals surface area (Å²) in [6.45, 7) is 7.08. The Hall–Kier alpha value is -0.530. The molecule has 0 radical (unpaired) electrons. The molecule has 0 aliphatic rings. The number of benzene rings is 1. The van der Waals surface area contributed by atoms with E-state index >= 15 is 0 Å². The summed E-state index contributed by atoms with van der Waals surface area (Å²) in [5.41, 5.74) is 1.10. The summed E-state index contributed by atoms with van der Waals surface area (Å²) in [5.74, 6) is 0. The second kappa shape index (κ2) is 7.47. The van der Waals surface area contributed by atoms with E-state index in [4.69, 9.17) is 11.6 Å². The van der Waals surface area contributed by atoms with Crippen LogP contribution in [0.2, 0.25) is 5.02 Å². The molecular weight excluding hydrogens is 405 g/mol. The van der Waals surface area contributed by atoms with Gasteiger partial charge in [0.1, 0.15) is 0 Å². The highest BCUT2D eigenvalue weighted by Crippen LogP contribution is 2.25. The number of thiazole rings is 1. The summed E-state index contributed by atoms with van der Waals surface area (Å²) in [6.07, 6.45) is 1.95. The van der Waals surface area contributed by atoms with Crippen molar-refractivity contribution in [2.75, 3.05) is 23.3 Å². The first kappa shape index (κ1) is 15.9. The Balaban J connectivity index is 2.00. The molecule has 2 rings (SSSR count). The van der Waals surface area contributed by atoms with Crippen molar-refractivity contribution in [3.63, 3.8) is 0 Å². The Morgan fingerprint density at radius 1 is 1.35 bits per heavy atom. The minimum atomic E-state index is 0.765. The largest absolute Gasteiger partial charge is 0.379 e. The summed E-state index contributed by atoms with van der Waals surface area (Å²) in [4.78, 5) is 7.99. The van der Waals surface area contributed by atoms with Gasteiger partial charge in [0.15, 0.2) is 5.13 Å². The number of aromatic nitrogens is 1. The molecule has 0 unspecified atom stereocenters. The highest BCUT2D eigenvalue weighted by Gasteiger charge is 2.08. The van der Waals surface area contributed by atoms with Gasteiger partial charge in [0.25, 0.3) is 0 Å². The lowest BCUT2D eigenvalue weighted by atomic mass is 10.3. The zero-order chi connectivity index (χ0) is 14.5. The van der Waals surface area contributed by atoms with Gasteiger partial charge in [-0.1, -0.05) is 11.6 Å². The van der Waals surface area contributed by atoms with Crippen molar-refractivity contribution in [2.45, 2.75) is 20.4 Å². The van der Waals surface area contributed by atoms with Crippen molar-refractivity contribution < 1.29 is 0 Å². The molecule has 1 aromatic carbocycles. The van der Waals surface area contributed by atoms with E-state index in [0.29, 0.717) is 0 Å². The Bertz CT molecular complexity index is 569. The summed E-state index contributed by atoms with van der Waals surface area (Å²) in [7, 11) is 0. The van der Waals surface area contributed by atoms with Gasteiger partial charge in [-0.25, -0.2) is 4.98 Å². The molecule has 0 saturated heterocycles. The molecule has 1 N–H and O–H groups in total. The minimum absolute atomic E-state index is 0.765. The lowest BCUT2D eigenvalue weighted by Gasteiger charge is -2.16. The molecule has 1 aromatic heterocycles. The van der Waals surface area contributed by atoms with Crippen molar-refractivity contribution >= 4 is 56.3 Å². The third kappa shape index (κ3) is 3.99. The molecule has 0 atom stereocenters. The maximum Gasteiger partial charge on any atom is 0.185 e. The predicted octanol–water partition coefficient (Wildman–Crippen LogP) is 4.86. The topological polar surface area (TPSA) is 28.2 Å². The van der Waals surface area contributed by atoms with Crippen LogP contribution < -0.4 is 10.2 Å². The SMILES string of the molecule is CCN(CC)c1ncc(CNc2ccc(Cl)cc2I)s1. The molecule has 0 amide bonds. The number of halogens is 2. The van der Waals surface area contributed by atoms with E-state index < -0.39 is 0 Å². The molecule has 20 heavy (non-hydrogen) atoms. The highest BCUT2D eigenvalue weighted by molar-refractivity contribution is 14.1. The van der Waals surface area contributed by atoms with Crippen LogP contribution in [0, 0.1) is 3.57 Å². The van der Waals surface area contributed by atoms with Crippen LogP contribution in [0.4, 0.5) is 10.8 Å². The number of anilines is 2. The van der Waals surface area contributed by atoms with Gasteiger partial charge in [-0.3, -0.25) is 0 Å². The lowest BCUT2D eigenvalue weighted by Crippen LogP contribution is -2.21. The van der Waals surface area contributed by atoms with E-state index in [1.54, 1.807) is 11.3 Å². The van der Waals surface area contributed by atoms with Crippen LogP contribution in [-0.2, 0) is 6.54 Å². The van der Waals surface area contributed by atoms with Gasteiger partial charge >= 0.3 is 0 Å². The van der Waals surface area contributed by atoms with Gasteiger partial charge in [-0.05, 0) is 54.6 Å². The minimum Gasteiger partial charge on any atom is -0.379 e. The van der Waals surface area contributed by atoms with Gasteiger partial charge < -0.3 is 10.2 Å². The molecular formula is C14H17ClIN3S. The van der Waals surface area contributed by atoms with E-state index in [0.717, 1.165) is 39.0 Å². The van der Waals surface area contributed by atoms with Gasteiger partial charge in [-0.15, -0.1) is 11.3 Å². The number of hydrogen-bond acceptors (Lipinski definition) is 4. The van der Waals surface area contributed by atoms with Crippen molar-refractivity contribution in [1.82, 2.24) is 4.98 Å². The third-order valence-corrected chi connectivity index (χ3v) is 5.15.